The average Bonchev–Trinajstić information content (AvgIpc) is 3.37. The SMILES string of the molecule is CCCCC[C@@H]1C[C@H]1C(=O)N/N=C\c1ccc(N(CC)CC)cc1. The summed E-state index contributed by atoms with van der Waals surface area (Å²) < 4.78 is 0. The lowest BCUT2D eigenvalue weighted by atomic mass is 10.1. The van der Waals surface area contributed by atoms with Gasteiger partial charge in [0.05, 0.1) is 6.21 Å². The summed E-state index contributed by atoms with van der Waals surface area (Å²) in [7, 11) is 0. The molecular formula is C20H31N3O. The van der Waals surface area contributed by atoms with Crippen LogP contribution in [0.3, 0.4) is 0 Å². The second kappa shape index (κ2) is 9.45. The molecule has 0 saturated heterocycles. The number of benzene rings is 1. The van der Waals surface area contributed by atoms with Crippen LogP contribution in [0.2, 0.25) is 0 Å². The number of anilines is 1. The van der Waals surface area contributed by atoms with Gasteiger partial charge in [-0.05, 0) is 50.3 Å². The molecular weight excluding hydrogens is 298 g/mol. The minimum Gasteiger partial charge on any atom is -0.372 e. The Morgan fingerprint density at radius 1 is 1.21 bits per heavy atom. The zero-order chi connectivity index (χ0) is 17.4. The van der Waals surface area contributed by atoms with Crippen molar-refractivity contribution >= 4 is 17.8 Å². The summed E-state index contributed by atoms with van der Waals surface area (Å²) in [4.78, 5) is 14.3. The van der Waals surface area contributed by atoms with Crippen LogP contribution in [0.15, 0.2) is 29.4 Å². The predicted molar refractivity (Wildman–Crippen MR) is 101 cm³/mol. The van der Waals surface area contributed by atoms with Gasteiger partial charge < -0.3 is 4.90 Å². The molecule has 1 aliphatic carbocycles. The van der Waals surface area contributed by atoms with Crippen LogP contribution in [0.25, 0.3) is 0 Å². The number of hydrogen-bond acceptors (Lipinski definition) is 3. The monoisotopic (exact) mass is 329 g/mol. The maximum Gasteiger partial charge on any atom is 0.243 e. The van der Waals surface area contributed by atoms with Crippen molar-refractivity contribution in [2.24, 2.45) is 16.9 Å². The maximum atomic E-state index is 12.0. The first kappa shape index (κ1) is 18.5. The van der Waals surface area contributed by atoms with E-state index < -0.39 is 0 Å². The topological polar surface area (TPSA) is 44.7 Å². The molecule has 1 aromatic carbocycles. The van der Waals surface area contributed by atoms with Crippen LogP contribution in [0, 0.1) is 11.8 Å². The van der Waals surface area contributed by atoms with Crippen LogP contribution < -0.4 is 10.3 Å². The maximum absolute atomic E-state index is 12.0. The number of rotatable bonds is 10. The van der Waals surface area contributed by atoms with Gasteiger partial charge in [-0.3, -0.25) is 4.79 Å². The minimum absolute atomic E-state index is 0.0764. The highest BCUT2D eigenvalue weighted by Crippen LogP contribution is 2.42. The number of unbranched alkanes of at least 4 members (excludes halogenated alkanes) is 2. The molecule has 0 aliphatic heterocycles. The Kier molecular flexibility index (Phi) is 7.29. The Balaban J connectivity index is 1.75. The van der Waals surface area contributed by atoms with Crippen molar-refractivity contribution in [2.45, 2.75) is 52.9 Å². The average molecular weight is 329 g/mol. The zero-order valence-electron chi connectivity index (χ0n) is 15.3. The molecule has 1 aliphatic rings. The second-order valence-electron chi connectivity index (χ2n) is 6.60. The van der Waals surface area contributed by atoms with Gasteiger partial charge in [0.25, 0.3) is 0 Å². The van der Waals surface area contributed by atoms with E-state index in [0.717, 1.165) is 25.1 Å². The van der Waals surface area contributed by atoms with E-state index in [1.165, 1.54) is 31.4 Å². The molecule has 1 aromatic rings. The third-order valence-corrected chi connectivity index (χ3v) is 4.85. The molecule has 0 aromatic heterocycles. The van der Waals surface area contributed by atoms with Crippen molar-refractivity contribution in [3.05, 3.63) is 29.8 Å². The van der Waals surface area contributed by atoms with Gasteiger partial charge in [0.1, 0.15) is 0 Å². The Morgan fingerprint density at radius 2 is 1.92 bits per heavy atom. The molecule has 1 amide bonds. The third kappa shape index (κ3) is 5.36. The number of nitrogens with one attached hydrogen (secondary N) is 1. The van der Waals surface area contributed by atoms with E-state index in [9.17, 15) is 4.79 Å². The molecule has 1 fully saturated rings. The molecule has 2 rings (SSSR count). The first-order valence-electron chi connectivity index (χ1n) is 9.37. The summed E-state index contributed by atoms with van der Waals surface area (Å²) in [5.41, 5.74) is 4.91. The highest BCUT2D eigenvalue weighted by molar-refractivity contribution is 5.85. The van der Waals surface area contributed by atoms with Gasteiger partial charge in [0.15, 0.2) is 0 Å². The first-order chi connectivity index (χ1) is 11.7. The Bertz CT molecular complexity index is 534. The number of hydrazone groups is 1. The molecule has 0 heterocycles. The smallest absolute Gasteiger partial charge is 0.243 e. The van der Waals surface area contributed by atoms with E-state index in [-0.39, 0.29) is 11.8 Å². The molecule has 0 radical (unpaired) electrons. The molecule has 4 heteroatoms. The van der Waals surface area contributed by atoms with Crippen LogP contribution in [0.1, 0.15) is 58.4 Å². The van der Waals surface area contributed by atoms with Crippen LogP contribution in [0.5, 0.6) is 0 Å². The number of carbonyl (C=O) groups excluding carboxylic acids is 1. The van der Waals surface area contributed by atoms with Crippen LogP contribution in [-0.2, 0) is 4.79 Å². The summed E-state index contributed by atoms with van der Waals surface area (Å²) >= 11 is 0. The number of carbonyl (C=O) groups is 1. The zero-order valence-corrected chi connectivity index (χ0v) is 15.3. The van der Waals surface area contributed by atoms with E-state index in [0.29, 0.717) is 5.92 Å². The molecule has 0 unspecified atom stereocenters. The standard InChI is InChI=1S/C20H31N3O/c1-4-7-8-9-17-14-19(17)20(24)22-21-15-16-10-12-18(13-11-16)23(5-2)6-3/h10-13,15,17,19H,4-9,14H2,1-3H3,(H,22,24)/b21-15-/t17-,19-/m1/s1. The van der Waals surface area contributed by atoms with Crippen molar-refractivity contribution in [3.8, 4) is 0 Å². The number of nitrogens with zero attached hydrogens (tertiary/aromatic N) is 2. The lowest BCUT2D eigenvalue weighted by molar-refractivity contribution is -0.122. The lowest BCUT2D eigenvalue weighted by Gasteiger charge is -2.20. The number of amides is 1. The molecule has 24 heavy (non-hydrogen) atoms. The summed E-state index contributed by atoms with van der Waals surface area (Å²) in [6.45, 7) is 8.52. The van der Waals surface area contributed by atoms with E-state index >= 15 is 0 Å². The van der Waals surface area contributed by atoms with Gasteiger partial charge >= 0.3 is 0 Å². The summed E-state index contributed by atoms with van der Waals surface area (Å²) in [6.07, 6.45) is 7.69. The normalized spacial score (nSPS) is 19.5. The quantitative estimate of drug-likeness (QED) is 0.397. The van der Waals surface area contributed by atoms with Gasteiger partial charge in [-0.2, -0.15) is 5.10 Å². The molecule has 1 saturated carbocycles. The summed E-state index contributed by atoms with van der Waals surface area (Å²) in [5.74, 6) is 0.844. The predicted octanol–water partition coefficient (Wildman–Crippen LogP) is 4.20. The van der Waals surface area contributed by atoms with Gasteiger partial charge in [-0.1, -0.05) is 38.3 Å². The summed E-state index contributed by atoms with van der Waals surface area (Å²) in [6, 6.07) is 8.27. The Morgan fingerprint density at radius 3 is 2.54 bits per heavy atom. The van der Waals surface area contributed by atoms with Gasteiger partial charge in [0.2, 0.25) is 5.91 Å². The number of hydrogen-bond donors (Lipinski definition) is 1. The lowest BCUT2D eigenvalue weighted by Crippen LogP contribution is -2.21. The van der Waals surface area contributed by atoms with E-state index in [1.807, 2.05) is 12.1 Å². The van der Waals surface area contributed by atoms with E-state index in [1.54, 1.807) is 6.21 Å². The molecule has 2 atom stereocenters. The van der Waals surface area contributed by atoms with Crippen LogP contribution >= 0.6 is 0 Å². The fourth-order valence-corrected chi connectivity index (χ4v) is 3.16. The third-order valence-electron chi connectivity index (χ3n) is 4.85. The van der Waals surface area contributed by atoms with Gasteiger partial charge in [0, 0.05) is 24.7 Å². The van der Waals surface area contributed by atoms with Crippen molar-refractivity contribution in [1.82, 2.24) is 5.43 Å². The van der Waals surface area contributed by atoms with Gasteiger partial charge in [-0.25, -0.2) is 5.43 Å². The molecule has 0 spiro atoms. The molecule has 0 bridgehead atoms. The van der Waals surface area contributed by atoms with Crippen molar-refractivity contribution in [1.29, 1.82) is 0 Å². The van der Waals surface area contributed by atoms with Crippen molar-refractivity contribution < 1.29 is 4.79 Å². The highest BCUT2D eigenvalue weighted by atomic mass is 16.2. The van der Waals surface area contributed by atoms with Gasteiger partial charge in [-0.15, -0.1) is 0 Å². The van der Waals surface area contributed by atoms with Crippen LogP contribution in [0.4, 0.5) is 5.69 Å². The fourth-order valence-electron chi connectivity index (χ4n) is 3.16. The largest absolute Gasteiger partial charge is 0.372 e. The van der Waals surface area contributed by atoms with Crippen LogP contribution in [-0.4, -0.2) is 25.2 Å². The molecule has 4 nitrogen and oxygen atoms in total. The highest BCUT2D eigenvalue weighted by Gasteiger charge is 2.41. The van der Waals surface area contributed by atoms with E-state index in [2.05, 4.69) is 48.3 Å². The minimum atomic E-state index is 0.0764. The Hall–Kier alpha value is -1.84. The Labute approximate surface area is 146 Å². The van der Waals surface area contributed by atoms with E-state index in [4.69, 9.17) is 0 Å². The summed E-state index contributed by atoms with van der Waals surface area (Å²) in [5, 5.41) is 4.11. The fraction of sp³-hybridized carbons (Fsp3) is 0.600. The molecule has 132 valence electrons. The van der Waals surface area contributed by atoms with Crippen molar-refractivity contribution in [3.63, 3.8) is 0 Å². The van der Waals surface area contributed by atoms with Crippen molar-refractivity contribution in [2.75, 3.05) is 18.0 Å². The first-order valence-corrected chi connectivity index (χ1v) is 9.37. The second-order valence-corrected chi connectivity index (χ2v) is 6.60. The molecule has 1 N–H and O–H groups in total.